The minimum atomic E-state index is -0.338. The van der Waals surface area contributed by atoms with Crippen LogP contribution in [0, 0.1) is 5.82 Å². The summed E-state index contributed by atoms with van der Waals surface area (Å²) in [6.07, 6.45) is 4.06. The first kappa shape index (κ1) is 25.4. The lowest BCUT2D eigenvalue weighted by molar-refractivity contribution is -0.116. The molecule has 1 saturated heterocycles. The van der Waals surface area contributed by atoms with Crippen molar-refractivity contribution >= 4 is 23.0 Å². The molecular weight excluding hydrogens is 511 g/mol. The van der Waals surface area contributed by atoms with E-state index in [0.717, 1.165) is 18.4 Å². The van der Waals surface area contributed by atoms with Gasteiger partial charge in [-0.3, -0.25) is 9.59 Å². The van der Waals surface area contributed by atoms with Crippen LogP contribution < -0.4 is 5.32 Å². The summed E-state index contributed by atoms with van der Waals surface area (Å²) in [4.78, 5) is 31.6. The number of nitrogens with zero attached hydrogens (tertiary/aromatic N) is 5. The molecule has 202 valence electrons. The minimum Gasteiger partial charge on any atom is -0.339 e. The second-order valence-electron chi connectivity index (χ2n) is 9.85. The first-order valence-corrected chi connectivity index (χ1v) is 13.2. The van der Waals surface area contributed by atoms with Crippen LogP contribution in [0.4, 0.5) is 10.1 Å². The van der Waals surface area contributed by atoms with E-state index in [9.17, 15) is 14.0 Å². The molecule has 1 fully saturated rings. The maximum Gasteiger partial charge on any atom is 0.274 e. The smallest absolute Gasteiger partial charge is 0.274 e. The molecule has 5 aromatic rings. The van der Waals surface area contributed by atoms with Gasteiger partial charge in [0.15, 0.2) is 5.69 Å². The highest BCUT2D eigenvalue weighted by Crippen LogP contribution is 2.29. The number of hydrogen-bond donors (Lipinski definition) is 1. The zero-order valence-corrected chi connectivity index (χ0v) is 21.7. The number of pyridine rings is 1. The number of nitrogens with one attached hydrogen (secondary N) is 1. The number of aromatic nitrogens is 4. The first-order chi connectivity index (χ1) is 19.5. The molecule has 4 heterocycles. The number of carbonyl (C=O) groups is 2. The Morgan fingerprint density at radius 1 is 1.00 bits per heavy atom. The molecule has 0 aliphatic carbocycles. The average Bonchev–Trinajstić information content (AvgIpc) is 3.64. The summed E-state index contributed by atoms with van der Waals surface area (Å²) in [6, 6.07) is 21.3. The van der Waals surface area contributed by atoms with Crippen LogP contribution in [0.15, 0.2) is 83.5 Å². The fraction of sp³-hybridized carbons (Fsp3) is 0.233. The van der Waals surface area contributed by atoms with E-state index in [2.05, 4.69) is 20.6 Å². The van der Waals surface area contributed by atoms with Crippen molar-refractivity contribution in [2.45, 2.75) is 31.6 Å². The molecule has 40 heavy (non-hydrogen) atoms. The monoisotopic (exact) mass is 538 g/mol. The van der Waals surface area contributed by atoms with Gasteiger partial charge >= 0.3 is 0 Å². The number of aryl methyl sites for hydroxylation is 1. The van der Waals surface area contributed by atoms with E-state index >= 15 is 0 Å². The number of hydrogen-bond acceptors (Lipinski definition) is 6. The molecule has 0 radical (unpaired) electrons. The highest BCUT2D eigenvalue weighted by Gasteiger charge is 2.26. The Balaban J connectivity index is 0.976. The van der Waals surface area contributed by atoms with E-state index in [1.165, 1.54) is 17.7 Å². The molecule has 1 N–H and O–H groups in total. The summed E-state index contributed by atoms with van der Waals surface area (Å²) < 4.78 is 20.1. The molecule has 0 spiro atoms. The number of halogens is 1. The third-order valence-electron chi connectivity index (χ3n) is 7.17. The number of fused-ring (bicyclic) bond motifs is 1. The Kier molecular flexibility index (Phi) is 7.05. The standard InChI is InChI=1S/C30H27FN6O3/c31-23-8-4-22(5-9-23)29-33-28(40-35-29)13-12-27(38)32-24-10-6-20(7-11-24)21-14-17-36(18-15-21)30(39)26-19-25-3-1-2-16-37(25)34-26/h1-11,16,19,21H,12-15,17-18H2,(H,32,38). The van der Waals surface area contributed by atoms with Crippen LogP contribution in [0.25, 0.3) is 16.9 Å². The summed E-state index contributed by atoms with van der Waals surface area (Å²) >= 11 is 0. The van der Waals surface area contributed by atoms with Crippen LogP contribution >= 0.6 is 0 Å². The second-order valence-corrected chi connectivity index (χ2v) is 9.85. The highest BCUT2D eigenvalue weighted by atomic mass is 19.1. The van der Waals surface area contributed by atoms with E-state index in [1.807, 2.05) is 59.6 Å². The molecule has 2 amide bonds. The Bertz CT molecular complexity index is 1600. The molecule has 3 aromatic heterocycles. The van der Waals surface area contributed by atoms with E-state index in [4.69, 9.17) is 4.52 Å². The van der Waals surface area contributed by atoms with Crippen LogP contribution in [0.5, 0.6) is 0 Å². The van der Waals surface area contributed by atoms with Crippen LogP contribution in [0.3, 0.4) is 0 Å². The van der Waals surface area contributed by atoms with Crippen molar-refractivity contribution in [3.8, 4) is 11.4 Å². The lowest BCUT2D eigenvalue weighted by Gasteiger charge is -2.31. The van der Waals surface area contributed by atoms with Crippen molar-refractivity contribution in [3.05, 3.63) is 102 Å². The summed E-state index contributed by atoms with van der Waals surface area (Å²) in [7, 11) is 0. The number of rotatable bonds is 7. The van der Waals surface area contributed by atoms with Gasteiger partial charge in [0.05, 0.1) is 5.52 Å². The molecule has 10 heteroatoms. The third-order valence-corrected chi connectivity index (χ3v) is 7.17. The van der Waals surface area contributed by atoms with E-state index < -0.39 is 0 Å². The fourth-order valence-corrected chi connectivity index (χ4v) is 4.98. The van der Waals surface area contributed by atoms with Gasteiger partial charge in [0.2, 0.25) is 17.6 Å². The quantitative estimate of drug-likeness (QED) is 0.309. The minimum absolute atomic E-state index is 0.0348. The van der Waals surface area contributed by atoms with Gasteiger partial charge in [0.25, 0.3) is 5.91 Å². The number of anilines is 1. The van der Waals surface area contributed by atoms with Gasteiger partial charge in [-0.25, -0.2) is 8.91 Å². The molecule has 1 aliphatic rings. The molecule has 0 saturated carbocycles. The van der Waals surface area contributed by atoms with Crippen molar-refractivity contribution < 1.29 is 18.5 Å². The molecule has 0 unspecified atom stereocenters. The highest BCUT2D eigenvalue weighted by molar-refractivity contribution is 5.93. The lowest BCUT2D eigenvalue weighted by atomic mass is 9.89. The Morgan fingerprint density at radius 2 is 1.77 bits per heavy atom. The molecule has 2 aromatic carbocycles. The maximum absolute atomic E-state index is 13.1. The SMILES string of the molecule is O=C(CCc1nc(-c2ccc(F)cc2)no1)Nc1ccc(C2CCN(C(=O)c3cc4ccccn4n3)CC2)cc1. The van der Waals surface area contributed by atoms with Crippen LogP contribution in [0.1, 0.15) is 47.1 Å². The topological polar surface area (TPSA) is 106 Å². The van der Waals surface area contributed by atoms with Crippen LogP contribution in [-0.4, -0.2) is 49.6 Å². The lowest BCUT2D eigenvalue weighted by Crippen LogP contribution is -2.38. The van der Waals surface area contributed by atoms with Crippen molar-refractivity contribution in [1.82, 2.24) is 24.7 Å². The van der Waals surface area contributed by atoms with Gasteiger partial charge in [-0.05, 0) is 78.9 Å². The summed E-state index contributed by atoms with van der Waals surface area (Å²) in [6.45, 7) is 1.35. The number of piperidine rings is 1. The third kappa shape index (κ3) is 5.61. The van der Waals surface area contributed by atoms with Gasteiger partial charge in [0, 0.05) is 43.4 Å². The molecule has 0 bridgehead atoms. The molecule has 6 rings (SSSR count). The Hall–Kier alpha value is -4.86. The largest absolute Gasteiger partial charge is 0.339 e. The number of likely N-dealkylation sites (tertiary alicyclic amines) is 1. The molecule has 1 aliphatic heterocycles. The van der Waals surface area contributed by atoms with E-state index in [-0.39, 0.29) is 24.1 Å². The second kappa shape index (κ2) is 11.1. The molecule has 9 nitrogen and oxygen atoms in total. The summed E-state index contributed by atoms with van der Waals surface area (Å²) in [5, 5.41) is 11.2. The predicted molar refractivity (Wildman–Crippen MR) is 146 cm³/mol. The number of benzene rings is 2. The summed E-state index contributed by atoms with van der Waals surface area (Å²) in [5.41, 5.74) is 3.92. The van der Waals surface area contributed by atoms with Crippen molar-refractivity contribution in [2.75, 3.05) is 18.4 Å². The normalized spacial score (nSPS) is 14.0. The zero-order valence-electron chi connectivity index (χ0n) is 21.7. The predicted octanol–water partition coefficient (Wildman–Crippen LogP) is 5.11. The van der Waals surface area contributed by atoms with Gasteiger partial charge in [-0.15, -0.1) is 0 Å². The van der Waals surface area contributed by atoms with E-state index in [0.29, 0.717) is 54.1 Å². The van der Waals surface area contributed by atoms with Gasteiger partial charge in [-0.2, -0.15) is 10.1 Å². The Morgan fingerprint density at radius 3 is 2.52 bits per heavy atom. The maximum atomic E-state index is 13.1. The zero-order chi connectivity index (χ0) is 27.5. The molecular formula is C30H27FN6O3. The van der Waals surface area contributed by atoms with Crippen molar-refractivity contribution in [2.24, 2.45) is 0 Å². The van der Waals surface area contributed by atoms with Crippen LogP contribution in [0.2, 0.25) is 0 Å². The first-order valence-electron chi connectivity index (χ1n) is 13.2. The average molecular weight is 539 g/mol. The summed E-state index contributed by atoms with van der Waals surface area (Å²) in [5.74, 6) is 0.518. The fourth-order valence-electron chi connectivity index (χ4n) is 4.98. The van der Waals surface area contributed by atoms with Crippen molar-refractivity contribution in [1.29, 1.82) is 0 Å². The Labute approximate surface area is 229 Å². The van der Waals surface area contributed by atoms with Gasteiger partial charge in [0.1, 0.15) is 5.82 Å². The van der Waals surface area contributed by atoms with Crippen molar-refractivity contribution in [3.63, 3.8) is 0 Å². The molecule has 0 atom stereocenters. The van der Waals surface area contributed by atoms with Gasteiger partial charge < -0.3 is 14.7 Å². The van der Waals surface area contributed by atoms with E-state index in [1.54, 1.807) is 16.6 Å². The van der Waals surface area contributed by atoms with Gasteiger partial charge in [-0.1, -0.05) is 23.4 Å². The van der Waals surface area contributed by atoms with Crippen LogP contribution in [-0.2, 0) is 11.2 Å². The number of amides is 2. The number of carbonyl (C=O) groups excluding carboxylic acids is 2.